The number of ether oxygens (including phenoxy) is 3. The van der Waals surface area contributed by atoms with Gasteiger partial charge >= 0.3 is 6.18 Å². The van der Waals surface area contributed by atoms with Gasteiger partial charge in [-0.05, 0) is 49.6 Å². The number of halogens is 3. The lowest BCUT2D eigenvalue weighted by molar-refractivity contribution is -0.213. The summed E-state index contributed by atoms with van der Waals surface area (Å²) in [6, 6.07) is 9.64. The monoisotopic (exact) mass is 651 g/mol. The number of Topliss-reactive ketones (excluding diaryl/α,β-unsaturated/α-hetero) is 1. The number of nitrogens with zero attached hydrogens (tertiary/aromatic N) is 4. The van der Waals surface area contributed by atoms with E-state index in [1.165, 1.54) is 26.4 Å². The van der Waals surface area contributed by atoms with Crippen molar-refractivity contribution in [3.05, 3.63) is 54.4 Å². The third-order valence-electron chi connectivity index (χ3n) is 7.62. The van der Waals surface area contributed by atoms with Crippen LogP contribution in [-0.4, -0.2) is 75.3 Å². The molecule has 1 saturated heterocycles. The van der Waals surface area contributed by atoms with Crippen LogP contribution in [0.3, 0.4) is 0 Å². The van der Waals surface area contributed by atoms with Crippen LogP contribution in [0.1, 0.15) is 25.3 Å². The molecule has 0 saturated carbocycles. The van der Waals surface area contributed by atoms with Crippen molar-refractivity contribution < 1.29 is 45.1 Å². The molecule has 1 aliphatic heterocycles. The molecular weight excluding hydrogens is 619 g/mol. The fraction of sp³-hybridized carbons (Fsp3) is 0.414. The van der Waals surface area contributed by atoms with Crippen LogP contribution < -0.4 is 19.1 Å². The van der Waals surface area contributed by atoms with Gasteiger partial charge in [-0.2, -0.15) is 18.3 Å². The highest BCUT2D eigenvalue weighted by Gasteiger charge is 2.38. The van der Waals surface area contributed by atoms with Gasteiger partial charge in [0, 0.05) is 25.2 Å². The van der Waals surface area contributed by atoms with Crippen LogP contribution in [0.4, 0.5) is 24.7 Å². The molecule has 1 N–H and O–H groups in total. The van der Waals surface area contributed by atoms with Gasteiger partial charge in [0.25, 0.3) is 10.0 Å². The van der Waals surface area contributed by atoms with E-state index in [9.17, 15) is 26.4 Å². The van der Waals surface area contributed by atoms with E-state index in [0.29, 0.717) is 49.2 Å². The Morgan fingerprint density at radius 1 is 1.13 bits per heavy atom. The van der Waals surface area contributed by atoms with Crippen molar-refractivity contribution in [3.63, 3.8) is 0 Å². The summed E-state index contributed by atoms with van der Waals surface area (Å²) in [5.74, 6) is -0.207. The van der Waals surface area contributed by atoms with Crippen LogP contribution in [-0.2, 0) is 26.1 Å². The molecule has 0 aliphatic carbocycles. The summed E-state index contributed by atoms with van der Waals surface area (Å²) in [5.41, 5.74) is 1.89. The highest BCUT2D eigenvalue weighted by atomic mass is 32.2. The van der Waals surface area contributed by atoms with Gasteiger partial charge in [-0.3, -0.25) is 14.2 Å². The quantitative estimate of drug-likeness (QED) is 0.231. The number of sulfonamides is 1. The van der Waals surface area contributed by atoms with Crippen molar-refractivity contribution in [3.8, 4) is 11.5 Å². The second kappa shape index (κ2) is 13.0. The lowest BCUT2D eigenvalue weighted by atomic mass is 9.92. The van der Waals surface area contributed by atoms with E-state index in [1.807, 2.05) is 6.20 Å². The maximum absolute atomic E-state index is 13.1. The van der Waals surface area contributed by atoms with E-state index in [1.54, 1.807) is 35.1 Å². The van der Waals surface area contributed by atoms with E-state index in [0.717, 1.165) is 18.2 Å². The molecule has 0 bridgehead atoms. The Morgan fingerprint density at radius 3 is 2.53 bits per heavy atom. The molecule has 1 atom stereocenters. The maximum Gasteiger partial charge on any atom is 0.414 e. The molecular formula is C29H32F3N5O7S. The Balaban J connectivity index is 1.23. The fourth-order valence-corrected chi connectivity index (χ4v) is 6.28. The minimum atomic E-state index is -4.50. The number of hydrogen-bond donors (Lipinski definition) is 1. The molecule has 2 aromatic heterocycles. The average Bonchev–Trinajstić information content (AvgIpc) is 3.65. The van der Waals surface area contributed by atoms with Gasteiger partial charge < -0.3 is 23.6 Å². The van der Waals surface area contributed by atoms with Crippen molar-refractivity contribution in [2.24, 2.45) is 5.92 Å². The Bertz CT molecular complexity index is 1770. The number of anilines is 2. The van der Waals surface area contributed by atoms with Gasteiger partial charge in [0.2, 0.25) is 0 Å². The standard InChI is InChI=1S/C29H32F3N5O7S/c1-18(29(30,31)32)43-17-22(38)20-8-10-36(11-9-20)21-14-33-37(16-21)15-19-12-24(42-3)27-25(13-19)44-34-28(27)35-45(39,40)26-7-5-4-6-23(26)41-2/h4-7,12-14,16,18,20H,8-11,15,17H2,1-3H3,(H,34,35). The Kier molecular flexibility index (Phi) is 9.25. The van der Waals surface area contributed by atoms with Gasteiger partial charge in [-0.25, -0.2) is 8.42 Å². The smallest absolute Gasteiger partial charge is 0.414 e. The van der Waals surface area contributed by atoms with Gasteiger partial charge in [-0.1, -0.05) is 17.3 Å². The number of piperidine rings is 1. The number of fused-ring (bicyclic) bond motifs is 1. The second-order valence-corrected chi connectivity index (χ2v) is 12.2. The fourth-order valence-electron chi connectivity index (χ4n) is 5.10. The number of methoxy groups -OCH3 is 2. The maximum atomic E-state index is 13.1. The summed E-state index contributed by atoms with van der Waals surface area (Å²) in [6.07, 6.45) is -1.95. The number of rotatable bonds is 12. The average molecular weight is 652 g/mol. The zero-order valence-corrected chi connectivity index (χ0v) is 25.5. The zero-order valence-electron chi connectivity index (χ0n) is 24.7. The highest BCUT2D eigenvalue weighted by Crippen LogP contribution is 2.36. The number of carbonyl (C=O) groups is 1. The van der Waals surface area contributed by atoms with Crippen LogP contribution >= 0.6 is 0 Å². The molecule has 1 unspecified atom stereocenters. The molecule has 1 aliphatic rings. The number of alkyl halides is 3. The number of ketones is 1. The van der Waals surface area contributed by atoms with Crippen LogP contribution in [0.15, 0.2) is 58.2 Å². The topological polar surface area (TPSA) is 138 Å². The number of aromatic nitrogens is 3. The van der Waals surface area contributed by atoms with Gasteiger partial charge in [-0.15, -0.1) is 0 Å². The van der Waals surface area contributed by atoms with Crippen molar-refractivity contribution in [1.29, 1.82) is 0 Å². The van der Waals surface area contributed by atoms with Crippen LogP contribution in [0.25, 0.3) is 11.0 Å². The number of para-hydroxylation sites is 1. The van der Waals surface area contributed by atoms with Crippen LogP contribution in [0.5, 0.6) is 11.5 Å². The summed E-state index contributed by atoms with van der Waals surface area (Å²) in [5, 5.41) is 8.72. The summed E-state index contributed by atoms with van der Waals surface area (Å²) in [6.45, 7) is 1.75. The van der Waals surface area contributed by atoms with Crippen LogP contribution in [0.2, 0.25) is 0 Å². The molecule has 0 spiro atoms. The predicted molar refractivity (Wildman–Crippen MR) is 157 cm³/mol. The van der Waals surface area contributed by atoms with E-state index in [-0.39, 0.29) is 28.2 Å². The molecule has 4 aromatic rings. The van der Waals surface area contributed by atoms with Gasteiger partial charge in [0.15, 0.2) is 23.3 Å². The number of carbonyl (C=O) groups excluding carboxylic acids is 1. The first-order valence-electron chi connectivity index (χ1n) is 14.0. The number of hydrogen-bond acceptors (Lipinski definition) is 10. The van der Waals surface area contributed by atoms with Crippen molar-refractivity contribution in [2.45, 2.75) is 43.5 Å². The zero-order chi connectivity index (χ0) is 32.4. The molecule has 16 heteroatoms. The third kappa shape index (κ3) is 7.17. The van der Waals surface area contributed by atoms with Crippen molar-refractivity contribution in [1.82, 2.24) is 14.9 Å². The van der Waals surface area contributed by atoms with Gasteiger partial charge in [0.1, 0.15) is 28.4 Å². The molecule has 1 fully saturated rings. The first-order chi connectivity index (χ1) is 21.4. The van der Waals surface area contributed by atoms with E-state index >= 15 is 0 Å². The van der Waals surface area contributed by atoms with Gasteiger partial charge in [0.05, 0.1) is 32.6 Å². The molecule has 242 valence electrons. The first kappa shape index (κ1) is 32.1. The Hall–Kier alpha value is -4.31. The molecule has 3 heterocycles. The van der Waals surface area contributed by atoms with E-state index in [4.69, 9.17) is 18.7 Å². The van der Waals surface area contributed by atoms with Crippen molar-refractivity contribution >= 4 is 38.3 Å². The lowest BCUT2D eigenvalue weighted by Gasteiger charge is -2.32. The first-order valence-corrected chi connectivity index (χ1v) is 15.5. The predicted octanol–water partition coefficient (Wildman–Crippen LogP) is 4.64. The Morgan fingerprint density at radius 2 is 1.84 bits per heavy atom. The highest BCUT2D eigenvalue weighted by molar-refractivity contribution is 7.92. The molecule has 5 rings (SSSR count). The Labute approximate surface area is 257 Å². The normalized spacial score (nSPS) is 15.3. The second-order valence-electron chi connectivity index (χ2n) is 10.6. The van der Waals surface area contributed by atoms with Crippen molar-refractivity contribution in [2.75, 3.05) is 43.5 Å². The van der Waals surface area contributed by atoms with Crippen LogP contribution in [0, 0.1) is 5.92 Å². The molecule has 45 heavy (non-hydrogen) atoms. The summed E-state index contributed by atoms with van der Waals surface area (Å²) in [7, 11) is -1.24. The summed E-state index contributed by atoms with van der Waals surface area (Å²) >= 11 is 0. The minimum absolute atomic E-state index is 0.0380. The summed E-state index contributed by atoms with van der Waals surface area (Å²) < 4.78 is 89.3. The molecule has 0 amide bonds. The van der Waals surface area contributed by atoms with E-state index < -0.39 is 28.9 Å². The summed E-state index contributed by atoms with van der Waals surface area (Å²) in [4.78, 5) is 14.4. The van der Waals surface area contributed by atoms with E-state index in [2.05, 4.69) is 19.9 Å². The number of nitrogens with one attached hydrogen (secondary N) is 1. The minimum Gasteiger partial charge on any atom is -0.496 e. The molecule has 2 aromatic carbocycles. The SMILES string of the molecule is COc1ccccc1S(=O)(=O)Nc1noc2cc(Cn3cc(N4CCC(C(=O)COC(C)C(F)(F)F)CC4)cn3)cc(OC)c12. The molecule has 12 nitrogen and oxygen atoms in total. The third-order valence-corrected chi connectivity index (χ3v) is 9.00. The largest absolute Gasteiger partial charge is 0.496 e. The lowest BCUT2D eigenvalue weighted by Crippen LogP contribution is -2.38. The number of benzene rings is 2. The molecule has 0 radical (unpaired) electrons.